The van der Waals surface area contributed by atoms with E-state index in [1.54, 1.807) is 0 Å². The van der Waals surface area contributed by atoms with Gasteiger partial charge in [-0.15, -0.1) is 0 Å². The van der Waals surface area contributed by atoms with Crippen LogP contribution < -0.4 is 5.32 Å². The summed E-state index contributed by atoms with van der Waals surface area (Å²) < 4.78 is 8.91. The highest BCUT2D eigenvalue weighted by Gasteiger charge is 2.45. The van der Waals surface area contributed by atoms with Gasteiger partial charge in [-0.25, -0.2) is 0 Å². The number of hydrogen-bond acceptors (Lipinski definition) is 5. The Hall–Kier alpha value is -0.810. The number of benzene rings is 1. The summed E-state index contributed by atoms with van der Waals surface area (Å²) in [7, 11) is 0. The summed E-state index contributed by atoms with van der Waals surface area (Å²) in [5.41, 5.74) is 1.06. The summed E-state index contributed by atoms with van der Waals surface area (Å²) in [5, 5.41) is 11.6. The molecule has 1 heterocycles. The molecule has 31 heavy (non-hydrogen) atoms. The van der Waals surface area contributed by atoms with Gasteiger partial charge in [0.25, 0.3) is 9.70 Å². The minimum absolute atomic E-state index is 0.0411. The molecule has 1 aliphatic heterocycles. The summed E-state index contributed by atoms with van der Waals surface area (Å²) in [6.07, 6.45) is -0.0180. The maximum absolute atomic E-state index is 12.2. The molecule has 1 aliphatic rings. The van der Waals surface area contributed by atoms with Gasteiger partial charge in [-0.1, -0.05) is 87.7 Å². The van der Waals surface area contributed by atoms with E-state index in [0.717, 1.165) is 5.56 Å². The number of nitrogens with one attached hydrogen (secondary N) is 1. The van der Waals surface area contributed by atoms with Crippen LogP contribution in [0.15, 0.2) is 30.3 Å². The number of aliphatic carboxylic acids is 1. The minimum Gasteiger partial charge on any atom is -0.481 e. The van der Waals surface area contributed by atoms with Crippen molar-refractivity contribution in [3.8, 4) is 0 Å². The molecular weight excluding hydrogens is 583 g/mol. The van der Waals surface area contributed by atoms with Gasteiger partial charge in [-0.2, -0.15) is 0 Å². The fraction of sp³-hybridized carbons (Fsp3) is 0.550. The molecule has 1 fully saturated rings. The van der Waals surface area contributed by atoms with Crippen LogP contribution in [0.25, 0.3) is 0 Å². The summed E-state index contributed by atoms with van der Waals surface area (Å²) in [6, 6.07) is 9.04. The van der Waals surface area contributed by atoms with E-state index in [1.165, 1.54) is 0 Å². The van der Waals surface area contributed by atoms with E-state index < -0.39 is 39.7 Å². The molecule has 11 heteroatoms. The number of esters is 1. The third-order valence-electron chi connectivity index (χ3n) is 4.86. The number of hydrogen-bond donors (Lipinski definition) is 2. The molecule has 0 aliphatic carbocycles. The number of amides is 1. The third kappa shape index (κ3) is 8.92. The number of ether oxygens (including phenoxy) is 2. The Kier molecular flexibility index (Phi) is 10.6. The van der Waals surface area contributed by atoms with Gasteiger partial charge in [0.2, 0.25) is 0 Å². The van der Waals surface area contributed by atoms with Crippen LogP contribution in [0.5, 0.6) is 0 Å². The third-order valence-corrected chi connectivity index (χ3v) is 6.70. The van der Waals surface area contributed by atoms with Crippen molar-refractivity contribution in [2.75, 3.05) is 6.61 Å². The summed E-state index contributed by atoms with van der Waals surface area (Å²) >= 11 is 19.1. The highest BCUT2D eigenvalue weighted by Crippen LogP contribution is 2.35. The molecule has 2 N–H and O–H groups in total. The van der Waals surface area contributed by atoms with E-state index in [9.17, 15) is 14.4 Å². The van der Waals surface area contributed by atoms with Gasteiger partial charge in [-0.05, 0) is 18.4 Å². The molecule has 4 atom stereocenters. The van der Waals surface area contributed by atoms with Crippen LogP contribution in [-0.4, -0.2) is 49.4 Å². The summed E-state index contributed by atoms with van der Waals surface area (Å²) in [6.45, 7) is 0.919. The lowest BCUT2D eigenvalue weighted by atomic mass is 9.87. The van der Waals surface area contributed by atoms with Gasteiger partial charge in [0.05, 0.1) is 17.0 Å². The molecule has 0 aromatic heterocycles. The van der Waals surface area contributed by atoms with Crippen LogP contribution >= 0.6 is 57.4 Å². The van der Waals surface area contributed by atoms with Gasteiger partial charge in [0, 0.05) is 25.0 Å². The standard InChI is InChI=1S/C20H23Cl3INO6/c21-20(22,23)19(29)25-15(6-7-16(26)27)13-10-17(28)31-18(13)14(24)8-9-30-11-12-4-2-1-3-5-12/h1-5,13-15,18H,6-11H2,(H,25,29)(H,26,27)/t13-,14-,15+,18+/m1/s1. The van der Waals surface area contributed by atoms with Crippen LogP contribution in [0.4, 0.5) is 0 Å². The maximum Gasteiger partial charge on any atom is 0.306 e. The number of carboxylic acid groups (broad SMARTS) is 1. The summed E-state index contributed by atoms with van der Waals surface area (Å²) in [5.74, 6) is -2.76. The van der Waals surface area contributed by atoms with Gasteiger partial charge in [-0.3, -0.25) is 14.4 Å². The van der Waals surface area contributed by atoms with E-state index in [0.29, 0.717) is 19.6 Å². The molecule has 0 unspecified atom stereocenters. The number of rotatable bonds is 11. The largest absolute Gasteiger partial charge is 0.481 e. The molecule has 2 rings (SSSR count). The topological polar surface area (TPSA) is 102 Å². The molecule has 7 nitrogen and oxygen atoms in total. The number of carbonyl (C=O) groups excluding carboxylic acids is 2. The Bertz CT molecular complexity index is 761. The Balaban J connectivity index is 1.99. The van der Waals surface area contributed by atoms with Crippen LogP contribution in [0.1, 0.15) is 31.2 Å². The molecule has 172 valence electrons. The quantitative estimate of drug-likeness (QED) is 0.171. The first-order valence-corrected chi connectivity index (χ1v) is 12.0. The number of carboxylic acids is 1. The van der Waals surface area contributed by atoms with E-state index in [4.69, 9.17) is 49.4 Å². The van der Waals surface area contributed by atoms with Crippen molar-refractivity contribution in [2.45, 2.75) is 52.2 Å². The van der Waals surface area contributed by atoms with Crippen molar-refractivity contribution >= 4 is 75.2 Å². The second kappa shape index (κ2) is 12.4. The van der Waals surface area contributed by atoms with Crippen LogP contribution in [0.2, 0.25) is 0 Å². The lowest BCUT2D eigenvalue weighted by Gasteiger charge is -2.30. The summed E-state index contributed by atoms with van der Waals surface area (Å²) in [4.78, 5) is 35.3. The van der Waals surface area contributed by atoms with Crippen LogP contribution in [0.3, 0.4) is 0 Å². The molecule has 1 amide bonds. The van der Waals surface area contributed by atoms with Gasteiger partial charge < -0.3 is 19.9 Å². The molecule has 0 bridgehead atoms. The Morgan fingerprint density at radius 1 is 1.26 bits per heavy atom. The fourth-order valence-electron chi connectivity index (χ4n) is 3.36. The molecule has 1 saturated heterocycles. The second-order valence-corrected chi connectivity index (χ2v) is 11.1. The van der Waals surface area contributed by atoms with E-state index in [-0.39, 0.29) is 23.2 Å². The zero-order valence-electron chi connectivity index (χ0n) is 16.4. The van der Waals surface area contributed by atoms with Crippen molar-refractivity contribution in [1.29, 1.82) is 0 Å². The van der Waals surface area contributed by atoms with Gasteiger partial charge in [0.15, 0.2) is 0 Å². The molecule has 0 spiro atoms. The van der Waals surface area contributed by atoms with Crippen molar-refractivity contribution < 1.29 is 29.0 Å². The lowest BCUT2D eigenvalue weighted by Crippen LogP contribution is -2.49. The number of carbonyl (C=O) groups is 3. The van der Waals surface area contributed by atoms with Crippen molar-refractivity contribution in [2.24, 2.45) is 5.92 Å². The van der Waals surface area contributed by atoms with Crippen molar-refractivity contribution in [3.63, 3.8) is 0 Å². The smallest absolute Gasteiger partial charge is 0.306 e. The highest BCUT2D eigenvalue weighted by molar-refractivity contribution is 14.1. The van der Waals surface area contributed by atoms with Crippen molar-refractivity contribution in [3.05, 3.63) is 35.9 Å². The predicted octanol–water partition coefficient (Wildman–Crippen LogP) is 4.05. The zero-order valence-corrected chi connectivity index (χ0v) is 20.9. The van der Waals surface area contributed by atoms with Gasteiger partial charge >= 0.3 is 11.9 Å². The number of halogens is 4. The Labute approximate surface area is 209 Å². The zero-order chi connectivity index (χ0) is 23.0. The van der Waals surface area contributed by atoms with Gasteiger partial charge in [0.1, 0.15) is 6.10 Å². The Morgan fingerprint density at radius 2 is 1.94 bits per heavy atom. The molecular formula is C20H23Cl3INO6. The molecule has 0 radical (unpaired) electrons. The average Bonchev–Trinajstić information content (AvgIpc) is 3.09. The van der Waals surface area contributed by atoms with Crippen LogP contribution in [-0.2, 0) is 30.5 Å². The van der Waals surface area contributed by atoms with Crippen molar-refractivity contribution in [1.82, 2.24) is 5.32 Å². The van der Waals surface area contributed by atoms with E-state index >= 15 is 0 Å². The first-order valence-electron chi connectivity index (χ1n) is 9.62. The monoisotopic (exact) mass is 605 g/mol. The number of alkyl halides is 4. The Morgan fingerprint density at radius 3 is 2.55 bits per heavy atom. The normalized spacial score (nSPS) is 20.7. The first-order chi connectivity index (χ1) is 14.6. The minimum atomic E-state index is -2.20. The fourth-order valence-corrected chi connectivity index (χ4v) is 4.45. The average molecular weight is 607 g/mol. The van der Waals surface area contributed by atoms with E-state index in [2.05, 4.69) is 27.9 Å². The second-order valence-electron chi connectivity index (χ2n) is 7.18. The molecule has 1 aromatic carbocycles. The predicted molar refractivity (Wildman–Crippen MR) is 126 cm³/mol. The molecule has 1 aromatic rings. The molecule has 0 saturated carbocycles. The lowest BCUT2D eigenvalue weighted by molar-refractivity contribution is -0.141. The highest BCUT2D eigenvalue weighted by atomic mass is 127. The number of cyclic esters (lactones) is 1. The van der Waals surface area contributed by atoms with Crippen LogP contribution in [0, 0.1) is 5.92 Å². The maximum atomic E-state index is 12.2. The first kappa shape index (κ1) is 26.4. The van der Waals surface area contributed by atoms with E-state index in [1.807, 2.05) is 30.3 Å². The SMILES string of the molecule is O=C(O)CC[C@H](NC(=O)C(Cl)(Cl)Cl)[C@H]1CC(=O)O[C@@H]1[C@H](I)CCOCc1ccccc1.